The van der Waals surface area contributed by atoms with E-state index in [0.29, 0.717) is 6.61 Å². The van der Waals surface area contributed by atoms with Crippen molar-refractivity contribution in [1.82, 2.24) is 4.90 Å². The minimum absolute atomic E-state index is 0.220. The Kier molecular flexibility index (Phi) is 2.93. The van der Waals surface area contributed by atoms with Crippen molar-refractivity contribution in [2.45, 2.75) is 25.8 Å². The maximum Gasteiger partial charge on any atom is 0.0499 e. The molecule has 2 fully saturated rings. The van der Waals surface area contributed by atoms with E-state index >= 15 is 0 Å². The highest BCUT2D eigenvalue weighted by Crippen LogP contribution is 2.46. The molecule has 2 heteroatoms. The van der Waals surface area contributed by atoms with Crippen LogP contribution in [0.5, 0.6) is 0 Å². The summed E-state index contributed by atoms with van der Waals surface area (Å²) in [7, 11) is 0. The number of hydrogen-bond acceptors (Lipinski definition) is 2. The van der Waals surface area contributed by atoms with Crippen LogP contribution in [0.15, 0.2) is 30.3 Å². The third-order valence-corrected chi connectivity index (χ3v) is 4.46. The van der Waals surface area contributed by atoms with Gasteiger partial charge in [-0.25, -0.2) is 0 Å². The third kappa shape index (κ3) is 2.24. The van der Waals surface area contributed by atoms with Crippen LogP contribution in [0.3, 0.4) is 0 Å². The Labute approximate surface area is 103 Å². The molecule has 2 unspecified atom stereocenters. The molecule has 3 rings (SSSR count). The van der Waals surface area contributed by atoms with Crippen LogP contribution in [0.2, 0.25) is 0 Å². The van der Waals surface area contributed by atoms with E-state index in [1.54, 1.807) is 0 Å². The Morgan fingerprint density at radius 2 is 2.12 bits per heavy atom. The fraction of sp³-hybridized carbons (Fsp3) is 0.600. The number of hydrogen-bond donors (Lipinski definition) is 1. The van der Waals surface area contributed by atoms with Crippen molar-refractivity contribution in [2.24, 2.45) is 11.3 Å². The molecule has 2 bridgehead atoms. The van der Waals surface area contributed by atoms with Crippen LogP contribution in [-0.4, -0.2) is 29.7 Å². The van der Waals surface area contributed by atoms with Crippen molar-refractivity contribution in [1.29, 1.82) is 0 Å². The molecule has 1 N–H and O–H groups in total. The molecule has 2 aliphatic rings. The van der Waals surface area contributed by atoms with Gasteiger partial charge in [0.25, 0.3) is 0 Å². The van der Waals surface area contributed by atoms with E-state index in [0.717, 1.165) is 19.0 Å². The van der Waals surface area contributed by atoms with Crippen LogP contribution in [0.1, 0.15) is 24.8 Å². The maximum absolute atomic E-state index is 9.63. The molecule has 2 nitrogen and oxygen atoms in total. The Balaban J connectivity index is 1.69. The lowest BCUT2D eigenvalue weighted by Crippen LogP contribution is -2.44. The third-order valence-electron chi connectivity index (χ3n) is 4.46. The molecule has 1 aliphatic heterocycles. The van der Waals surface area contributed by atoms with E-state index in [1.165, 1.54) is 31.4 Å². The minimum atomic E-state index is 0.220. The minimum Gasteiger partial charge on any atom is -0.396 e. The molecule has 0 radical (unpaired) electrons. The normalized spacial score (nSPS) is 32.9. The van der Waals surface area contributed by atoms with Crippen LogP contribution in [-0.2, 0) is 6.54 Å². The number of rotatable bonds is 3. The van der Waals surface area contributed by atoms with Crippen LogP contribution >= 0.6 is 0 Å². The zero-order chi connectivity index (χ0) is 11.7. The molecule has 1 heterocycles. The second-order valence-electron chi connectivity index (χ2n) is 5.92. The molecular formula is C15H21NO. The van der Waals surface area contributed by atoms with Crippen molar-refractivity contribution < 1.29 is 5.11 Å². The molecule has 0 amide bonds. The maximum atomic E-state index is 9.63. The Hall–Kier alpha value is -0.860. The van der Waals surface area contributed by atoms with Gasteiger partial charge in [0.15, 0.2) is 0 Å². The summed E-state index contributed by atoms with van der Waals surface area (Å²) in [4.78, 5) is 2.53. The fourth-order valence-electron chi connectivity index (χ4n) is 3.69. The number of likely N-dealkylation sites (tertiary alicyclic amines) is 1. The van der Waals surface area contributed by atoms with E-state index in [9.17, 15) is 5.11 Å². The van der Waals surface area contributed by atoms with E-state index in [2.05, 4.69) is 35.2 Å². The molecule has 17 heavy (non-hydrogen) atoms. The predicted octanol–water partition coefficient (Wildman–Crippen LogP) is 2.28. The largest absolute Gasteiger partial charge is 0.396 e. The first kappa shape index (κ1) is 11.2. The molecule has 0 aromatic heterocycles. The van der Waals surface area contributed by atoms with Gasteiger partial charge in [0, 0.05) is 31.7 Å². The van der Waals surface area contributed by atoms with Crippen molar-refractivity contribution in [2.75, 3.05) is 19.7 Å². The molecule has 0 spiro atoms. The van der Waals surface area contributed by atoms with Gasteiger partial charge in [-0.3, -0.25) is 4.90 Å². The highest BCUT2D eigenvalue weighted by molar-refractivity contribution is 5.15. The second-order valence-corrected chi connectivity index (χ2v) is 5.92. The van der Waals surface area contributed by atoms with E-state index in [4.69, 9.17) is 0 Å². The highest BCUT2D eigenvalue weighted by atomic mass is 16.3. The topological polar surface area (TPSA) is 23.5 Å². The lowest BCUT2D eigenvalue weighted by molar-refractivity contribution is 0.0396. The Morgan fingerprint density at radius 3 is 2.88 bits per heavy atom. The zero-order valence-electron chi connectivity index (χ0n) is 10.3. The van der Waals surface area contributed by atoms with Gasteiger partial charge < -0.3 is 5.11 Å². The van der Waals surface area contributed by atoms with Gasteiger partial charge in [0.2, 0.25) is 0 Å². The standard InChI is InChI=1S/C15H21NO/c17-12-15-7-6-14(8-15)10-16(11-15)9-13-4-2-1-3-5-13/h1-5,14,17H,6-12H2. The van der Waals surface area contributed by atoms with E-state index in [-0.39, 0.29) is 5.41 Å². The average molecular weight is 231 g/mol. The summed E-state index contributed by atoms with van der Waals surface area (Å²) in [6, 6.07) is 10.7. The van der Waals surface area contributed by atoms with Crippen molar-refractivity contribution in [3.63, 3.8) is 0 Å². The monoisotopic (exact) mass is 231 g/mol. The van der Waals surface area contributed by atoms with Gasteiger partial charge in [0.05, 0.1) is 0 Å². The smallest absolute Gasteiger partial charge is 0.0499 e. The molecular weight excluding hydrogens is 210 g/mol. The lowest BCUT2D eigenvalue weighted by Gasteiger charge is -2.39. The predicted molar refractivity (Wildman–Crippen MR) is 68.6 cm³/mol. The number of benzene rings is 1. The van der Waals surface area contributed by atoms with Gasteiger partial charge in [0.1, 0.15) is 0 Å². The summed E-state index contributed by atoms with van der Waals surface area (Å²) < 4.78 is 0. The first-order valence-corrected chi connectivity index (χ1v) is 6.67. The number of aliphatic hydroxyl groups excluding tert-OH is 1. The second kappa shape index (κ2) is 4.43. The Bertz CT molecular complexity index is 378. The molecule has 1 aromatic carbocycles. The number of piperidine rings is 1. The summed E-state index contributed by atoms with van der Waals surface area (Å²) in [6.07, 6.45) is 3.78. The van der Waals surface area contributed by atoms with Gasteiger partial charge in [-0.15, -0.1) is 0 Å². The molecule has 1 aliphatic carbocycles. The van der Waals surface area contributed by atoms with Crippen molar-refractivity contribution in [3.05, 3.63) is 35.9 Å². The summed E-state index contributed by atoms with van der Waals surface area (Å²) in [5.41, 5.74) is 1.61. The quantitative estimate of drug-likeness (QED) is 0.862. The van der Waals surface area contributed by atoms with Gasteiger partial charge in [-0.2, -0.15) is 0 Å². The Morgan fingerprint density at radius 1 is 1.29 bits per heavy atom. The van der Waals surface area contributed by atoms with E-state index in [1.807, 2.05) is 0 Å². The summed E-state index contributed by atoms with van der Waals surface area (Å²) in [5.74, 6) is 0.819. The number of nitrogens with zero attached hydrogens (tertiary/aromatic N) is 1. The van der Waals surface area contributed by atoms with Gasteiger partial charge in [-0.05, 0) is 30.7 Å². The van der Waals surface area contributed by atoms with Crippen molar-refractivity contribution in [3.8, 4) is 0 Å². The molecule has 1 aromatic rings. The zero-order valence-corrected chi connectivity index (χ0v) is 10.3. The van der Waals surface area contributed by atoms with E-state index < -0.39 is 0 Å². The summed E-state index contributed by atoms with van der Waals surface area (Å²) in [6.45, 7) is 3.71. The van der Waals surface area contributed by atoms with Crippen molar-refractivity contribution >= 4 is 0 Å². The summed E-state index contributed by atoms with van der Waals surface area (Å²) >= 11 is 0. The van der Waals surface area contributed by atoms with Gasteiger partial charge >= 0.3 is 0 Å². The summed E-state index contributed by atoms with van der Waals surface area (Å²) in [5, 5.41) is 9.63. The van der Waals surface area contributed by atoms with Crippen LogP contribution in [0.4, 0.5) is 0 Å². The fourth-order valence-corrected chi connectivity index (χ4v) is 3.69. The van der Waals surface area contributed by atoms with Crippen LogP contribution in [0, 0.1) is 11.3 Å². The first-order valence-electron chi connectivity index (χ1n) is 6.67. The number of aliphatic hydroxyl groups is 1. The van der Waals surface area contributed by atoms with Crippen LogP contribution < -0.4 is 0 Å². The van der Waals surface area contributed by atoms with Gasteiger partial charge in [-0.1, -0.05) is 30.3 Å². The number of fused-ring (bicyclic) bond motifs is 2. The molecule has 92 valence electrons. The average Bonchev–Trinajstić information content (AvgIpc) is 2.67. The molecule has 2 atom stereocenters. The first-order chi connectivity index (χ1) is 8.30. The lowest BCUT2D eigenvalue weighted by atomic mass is 9.82. The molecule has 1 saturated heterocycles. The SMILES string of the molecule is OCC12CCC(CN(Cc3ccccc3)C1)C2. The highest BCUT2D eigenvalue weighted by Gasteiger charge is 2.44. The molecule has 1 saturated carbocycles. The van der Waals surface area contributed by atoms with Crippen LogP contribution in [0.25, 0.3) is 0 Å².